The van der Waals surface area contributed by atoms with Crippen LogP contribution in [0, 0.1) is 0 Å². The monoisotopic (exact) mass is 327 g/mol. The molecule has 0 saturated heterocycles. The van der Waals surface area contributed by atoms with Crippen molar-refractivity contribution in [3.63, 3.8) is 0 Å². The highest BCUT2D eigenvalue weighted by Gasteiger charge is 2.09. The molecule has 0 spiro atoms. The topological polar surface area (TPSA) is 105 Å². The second-order valence-corrected chi connectivity index (χ2v) is 5.98. The normalized spacial score (nSPS) is 10.6. The standard InChI is InChI=1S/C16H13N3O3S/c17-16-19-12-6-5-11(7-13(12)23-16)14(20)18-8-9-1-3-10(4-2-9)15(21)22/h1-7H,8H2,(H2,17,19)(H,18,20)(H,21,22). The van der Waals surface area contributed by atoms with Crippen LogP contribution >= 0.6 is 11.3 Å². The van der Waals surface area contributed by atoms with E-state index in [0.29, 0.717) is 17.2 Å². The van der Waals surface area contributed by atoms with Gasteiger partial charge in [0.1, 0.15) is 0 Å². The fourth-order valence-corrected chi connectivity index (χ4v) is 2.91. The Morgan fingerprint density at radius 3 is 2.52 bits per heavy atom. The van der Waals surface area contributed by atoms with Crippen LogP contribution in [0.4, 0.5) is 5.13 Å². The number of hydrogen-bond acceptors (Lipinski definition) is 5. The molecule has 3 rings (SSSR count). The van der Waals surface area contributed by atoms with Crippen LogP contribution in [0.5, 0.6) is 0 Å². The molecule has 0 aliphatic rings. The number of carboxylic acids is 1. The van der Waals surface area contributed by atoms with Crippen molar-refractivity contribution in [2.75, 3.05) is 5.73 Å². The maximum absolute atomic E-state index is 12.2. The zero-order chi connectivity index (χ0) is 16.4. The molecular weight excluding hydrogens is 314 g/mol. The number of rotatable bonds is 4. The zero-order valence-electron chi connectivity index (χ0n) is 11.9. The van der Waals surface area contributed by atoms with Crippen molar-refractivity contribution in [1.82, 2.24) is 10.3 Å². The van der Waals surface area contributed by atoms with E-state index in [9.17, 15) is 9.59 Å². The van der Waals surface area contributed by atoms with Gasteiger partial charge >= 0.3 is 5.97 Å². The third kappa shape index (κ3) is 3.29. The summed E-state index contributed by atoms with van der Waals surface area (Å²) < 4.78 is 0.862. The summed E-state index contributed by atoms with van der Waals surface area (Å²) >= 11 is 1.33. The van der Waals surface area contributed by atoms with E-state index in [-0.39, 0.29) is 11.5 Å². The van der Waals surface area contributed by atoms with E-state index < -0.39 is 5.97 Å². The molecule has 1 heterocycles. The summed E-state index contributed by atoms with van der Waals surface area (Å²) in [5.74, 6) is -1.18. The number of thiazole rings is 1. The number of nitrogen functional groups attached to an aromatic ring is 1. The van der Waals surface area contributed by atoms with Gasteiger partial charge < -0.3 is 16.2 Å². The highest BCUT2D eigenvalue weighted by molar-refractivity contribution is 7.22. The minimum atomic E-state index is -0.974. The largest absolute Gasteiger partial charge is 0.478 e. The van der Waals surface area contributed by atoms with Crippen LogP contribution in [0.1, 0.15) is 26.3 Å². The molecule has 0 radical (unpaired) electrons. The molecule has 116 valence electrons. The first-order valence-corrected chi connectivity index (χ1v) is 7.61. The van der Waals surface area contributed by atoms with Gasteiger partial charge in [0.2, 0.25) is 0 Å². The van der Waals surface area contributed by atoms with Gasteiger partial charge in [-0.25, -0.2) is 9.78 Å². The van der Waals surface area contributed by atoms with E-state index in [0.717, 1.165) is 15.8 Å². The van der Waals surface area contributed by atoms with Crippen LogP contribution < -0.4 is 11.1 Å². The van der Waals surface area contributed by atoms with Gasteiger partial charge in [-0.1, -0.05) is 23.5 Å². The van der Waals surface area contributed by atoms with E-state index in [4.69, 9.17) is 10.8 Å². The summed E-state index contributed by atoms with van der Waals surface area (Å²) in [5, 5.41) is 12.1. The van der Waals surface area contributed by atoms with Crippen molar-refractivity contribution < 1.29 is 14.7 Å². The molecule has 0 atom stereocenters. The first-order valence-electron chi connectivity index (χ1n) is 6.79. The second-order valence-electron chi connectivity index (χ2n) is 4.92. The predicted octanol–water partition coefficient (Wildman–Crippen LogP) is 2.51. The molecule has 7 heteroatoms. The summed E-state index contributed by atoms with van der Waals surface area (Å²) in [6.07, 6.45) is 0. The van der Waals surface area contributed by atoms with Crippen molar-refractivity contribution in [1.29, 1.82) is 0 Å². The van der Waals surface area contributed by atoms with Crippen LogP contribution in [-0.4, -0.2) is 22.0 Å². The number of fused-ring (bicyclic) bond motifs is 1. The number of carbonyl (C=O) groups excluding carboxylic acids is 1. The first-order chi connectivity index (χ1) is 11.0. The number of hydrogen-bond donors (Lipinski definition) is 3. The minimum absolute atomic E-state index is 0.207. The summed E-state index contributed by atoms with van der Waals surface area (Å²) in [7, 11) is 0. The summed E-state index contributed by atoms with van der Waals surface area (Å²) in [5.41, 5.74) is 7.99. The van der Waals surface area contributed by atoms with Crippen molar-refractivity contribution in [3.05, 3.63) is 59.2 Å². The average Bonchev–Trinajstić information content (AvgIpc) is 2.92. The van der Waals surface area contributed by atoms with E-state index >= 15 is 0 Å². The Balaban J connectivity index is 1.69. The number of benzene rings is 2. The molecule has 4 N–H and O–H groups in total. The lowest BCUT2D eigenvalue weighted by molar-refractivity contribution is 0.0696. The molecule has 6 nitrogen and oxygen atoms in total. The Morgan fingerprint density at radius 1 is 1.13 bits per heavy atom. The number of anilines is 1. The molecule has 1 amide bonds. The van der Waals surface area contributed by atoms with Gasteiger partial charge in [0.25, 0.3) is 5.91 Å². The number of amides is 1. The molecule has 1 aromatic heterocycles. The number of nitrogens with two attached hydrogens (primary N) is 1. The van der Waals surface area contributed by atoms with Crippen molar-refractivity contribution in [3.8, 4) is 0 Å². The second kappa shape index (κ2) is 6.05. The zero-order valence-corrected chi connectivity index (χ0v) is 12.8. The van der Waals surface area contributed by atoms with Gasteiger partial charge in [-0.2, -0.15) is 0 Å². The Labute approximate surface area is 135 Å². The van der Waals surface area contributed by atoms with Crippen LogP contribution in [0.3, 0.4) is 0 Å². The molecule has 0 unspecified atom stereocenters. The van der Waals surface area contributed by atoms with E-state index in [1.807, 2.05) is 0 Å². The Bertz CT molecular complexity index is 887. The number of nitrogens with zero attached hydrogens (tertiary/aromatic N) is 1. The lowest BCUT2D eigenvalue weighted by atomic mass is 10.1. The molecule has 0 saturated carbocycles. The van der Waals surface area contributed by atoms with Crippen molar-refractivity contribution in [2.45, 2.75) is 6.54 Å². The van der Waals surface area contributed by atoms with Crippen LogP contribution in [0.25, 0.3) is 10.2 Å². The van der Waals surface area contributed by atoms with Gasteiger partial charge in [-0.15, -0.1) is 0 Å². The number of nitrogens with one attached hydrogen (secondary N) is 1. The van der Waals surface area contributed by atoms with Crippen LogP contribution in [0.2, 0.25) is 0 Å². The molecule has 0 aliphatic heterocycles. The summed E-state index contributed by atoms with van der Waals surface area (Å²) in [4.78, 5) is 27.1. The quantitative estimate of drug-likeness (QED) is 0.683. The van der Waals surface area contributed by atoms with E-state index in [1.165, 1.54) is 23.5 Å². The van der Waals surface area contributed by atoms with Crippen molar-refractivity contribution in [2.24, 2.45) is 0 Å². The summed E-state index contributed by atoms with van der Waals surface area (Å²) in [6.45, 7) is 0.321. The predicted molar refractivity (Wildman–Crippen MR) is 88.6 cm³/mol. The van der Waals surface area contributed by atoms with Gasteiger partial charge in [-0.3, -0.25) is 4.79 Å². The molecule has 23 heavy (non-hydrogen) atoms. The third-order valence-electron chi connectivity index (χ3n) is 3.32. The number of aromatic nitrogens is 1. The molecule has 0 fully saturated rings. The highest BCUT2D eigenvalue weighted by atomic mass is 32.1. The van der Waals surface area contributed by atoms with E-state index in [2.05, 4.69) is 10.3 Å². The highest BCUT2D eigenvalue weighted by Crippen LogP contribution is 2.24. The Kier molecular flexibility index (Phi) is 3.94. The number of aromatic carboxylic acids is 1. The fraction of sp³-hybridized carbons (Fsp3) is 0.0625. The minimum Gasteiger partial charge on any atom is -0.478 e. The Morgan fingerprint density at radius 2 is 1.83 bits per heavy atom. The number of carboxylic acid groups (broad SMARTS) is 1. The number of carbonyl (C=O) groups is 2. The molecule has 3 aromatic rings. The van der Waals surface area contributed by atoms with Crippen molar-refractivity contribution >= 4 is 38.6 Å². The molecular formula is C16H13N3O3S. The molecule has 0 aliphatic carbocycles. The maximum atomic E-state index is 12.2. The molecule has 2 aromatic carbocycles. The van der Waals surface area contributed by atoms with Crippen LogP contribution in [0.15, 0.2) is 42.5 Å². The lowest BCUT2D eigenvalue weighted by Crippen LogP contribution is -2.22. The smallest absolute Gasteiger partial charge is 0.335 e. The van der Waals surface area contributed by atoms with Gasteiger partial charge in [-0.05, 0) is 35.9 Å². The first kappa shape index (κ1) is 15.0. The van der Waals surface area contributed by atoms with Gasteiger partial charge in [0.15, 0.2) is 5.13 Å². The Hall–Kier alpha value is -2.93. The van der Waals surface area contributed by atoms with Crippen LogP contribution in [-0.2, 0) is 6.54 Å². The molecule has 0 bridgehead atoms. The lowest BCUT2D eigenvalue weighted by Gasteiger charge is -2.06. The summed E-state index contributed by atoms with van der Waals surface area (Å²) in [6, 6.07) is 11.6. The average molecular weight is 327 g/mol. The maximum Gasteiger partial charge on any atom is 0.335 e. The third-order valence-corrected chi connectivity index (χ3v) is 4.17. The van der Waals surface area contributed by atoms with E-state index in [1.54, 1.807) is 30.3 Å². The van der Waals surface area contributed by atoms with Gasteiger partial charge in [0.05, 0.1) is 15.8 Å². The fourth-order valence-electron chi connectivity index (χ4n) is 2.13. The van der Waals surface area contributed by atoms with Gasteiger partial charge in [0, 0.05) is 12.1 Å². The SMILES string of the molecule is Nc1nc2ccc(C(=O)NCc3ccc(C(=O)O)cc3)cc2s1.